The number of nitrogens with zero attached hydrogens (tertiary/aromatic N) is 3. The Bertz CT molecular complexity index is 1270. The Morgan fingerprint density at radius 3 is 2.21 bits per heavy atom. The first kappa shape index (κ1) is 23.5. The van der Waals surface area contributed by atoms with Crippen LogP contribution in [0.1, 0.15) is 37.9 Å². The zero-order valence-electron chi connectivity index (χ0n) is 20.1. The number of hydrogen-bond acceptors (Lipinski definition) is 4. The first-order valence-corrected chi connectivity index (χ1v) is 12.0. The summed E-state index contributed by atoms with van der Waals surface area (Å²) in [6, 6.07) is 17.3. The summed E-state index contributed by atoms with van der Waals surface area (Å²) in [5.41, 5.74) is 3.35. The summed E-state index contributed by atoms with van der Waals surface area (Å²) in [4.78, 5) is 41.2. The second-order valence-electron chi connectivity index (χ2n) is 8.74. The van der Waals surface area contributed by atoms with Gasteiger partial charge in [0.25, 0.3) is 5.56 Å². The smallest absolute Gasteiger partial charge is 0.335 e. The van der Waals surface area contributed by atoms with Gasteiger partial charge in [0.2, 0.25) is 5.91 Å². The van der Waals surface area contributed by atoms with Crippen LogP contribution in [0.5, 0.6) is 0 Å². The Hall–Kier alpha value is -3.61. The number of para-hydroxylation sites is 1. The standard InChI is InChI=1S/C27H32N4O3/c1-4-20-11-13-22(14-12-20)28-25(32)21-15-17-29(18-16-21)24-19(3)31(23-9-7-6-8-10-23)27(34)30(5-2)26(24)33/h6-14,21H,4-5,15-18H2,1-3H3,(H,28,32). The minimum atomic E-state index is -0.330. The van der Waals surface area contributed by atoms with Crippen molar-refractivity contribution in [1.29, 1.82) is 0 Å². The van der Waals surface area contributed by atoms with Crippen LogP contribution in [0.3, 0.4) is 0 Å². The predicted octanol–water partition coefficient (Wildman–Crippen LogP) is 3.75. The lowest BCUT2D eigenvalue weighted by molar-refractivity contribution is -0.120. The van der Waals surface area contributed by atoms with Crippen molar-refractivity contribution in [2.45, 2.75) is 46.6 Å². The number of aryl methyl sites for hydroxylation is 1. The quantitative estimate of drug-likeness (QED) is 0.608. The summed E-state index contributed by atoms with van der Waals surface area (Å²) >= 11 is 0. The Balaban J connectivity index is 1.55. The maximum Gasteiger partial charge on any atom is 0.335 e. The van der Waals surface area contributed by atoms with Gasteiger partial charge < -0.3 is 10.2 Å². The third kappa shape index (κ3) is 4.55. The molecule has 7 nitrogen and oxygen atoms in total. The van der Waals surface area contributed by atoms with Gasteiger partial charge in [-0.1, -0.05) is 37.3 Å². The number of amides is 1. The van der Waals surface area contributed by atoms with Crippen LogP contribution in [0, 0.1) is 12.8 Å². The first-order valence-electron chi connectivity index (χ1n) is 12.0. The van der Waals surface area contributed by atoms with Crippen LogP contribution >= 0.6 is 0 Å². The van der Waals surface area contributed by atoms with Crippen LogP contribution in [0.2, 0.25) is 0 Å². The van der Waals surface area contributed by atoms with E-state index >= 15 is 0 Å². The van der Waals surface area contributed by atoms with Crippen molar-refractivity contribution in [3.63, 3.8) is 0 Å². The molecule has 2 heterocycles. The Morgan fingerprint density at radius 1 is 0.971 bits per heavy atom. The normalized spacial score (nSPS) is 14.3. The van der Waals surface area contributed by atoms with Crippen LogP contribution in [0.15, 0.2) is 64.2 Å². The average Bonchev–Trinajstić information content (AvgIpc) is 2.86. The summed E-state index contributed by atoms with van der Waals surface area (Å²) in [6.45, 7) is 7.20. The molecule has 0 radical (unpaired) electrons. The van der Waals surface area contributed by atoms with Gasteiger partial charge >= 0.3 is 5.69 Å². The highest BCUT2D eigenvalue weighted by atomic mass is 16.2. The summed E-state index contributed by atoms with van der Waals surface area (Å²) in [6.07, 6.45) is 2.26. The average molecular weight is 461 g/mol. The molecule has 34 heavy (non-hydrogen) atoms. The molecular weight excluding hydrogens is 428 g/mol. The molecule has 4 rings (SSSR count). The fraction of sp³-hybridized carbons (Fsp3) is 0.370. The van der Waals surface area contributed by atoms with Crippen molar-refractivity contribution < 1.29 is 4.79 Å². The minimum Gasteiger partial charge on any atom is -0.366 e. The number of carbonyl (C=O) groups excluding carboxylic acids is 1. The summed E-state index contributed by atoms with van der Waals surface area (Å²) < 4.78 is 2.90. The maximum absolute atomic E-state index is 13.3. The molecule has 1 fully saturated rings. The maximum atomic E-state index is 13.3. The van der Waals surface area contributed by atoms with E-state index in [4.69, 9.17) is 0 Å². The molecule has 1 amide bonds. The number of hydrogen-bond donors (Lipinski definition) is 1. The molecule has 3 aromatic rings. The first-order chi connectivity index (χ1) is 16.4. The van der Waals surface area contributed by atoms with E-state index in [-0.39, 0.29) is 23.1 Å². The number of nitrogens with one attached hydrogen (secondary N) is 1. The molecule has 0 atom stereocenters. The topological polar surface area (TPSA) is 76.3 Å². The van der Waals surface area contributed by atoms with E-state index in [0.717, 1.165) is 17.8 Å². The zero-order chi connectivity index (χ0) is 24.2. The molecule has 0 saturated carbocycles. The molecule has 1 aliphatic heterocycles. The monoisotopic (exact) mass is 460 g/mol. The van der Waals surface area contributed by atoms with Gasteiger partial charge in [-0.15, -0.1) is 0 Å². The van der Waals surface area contributed by atoms with Gasteiger partial charge in [-0.3, -0.25) is 18.7 Å². The van der Waals surface area contributed by atoms with Gasteiger partial charge in [-0.25, -0.2) is 4.79 Å². The molecule has 0 spiro atoms. The van der Waals surface area contributed by atoms with E-state index in [1.54, 1.807) is 11.5 Å². The highest BCUT2D eigenvalue weighted by Crippen LogP contribution is 2.25. The molecule has 2 aromatic carbocycles. The van der Waals surface area contributed by atoms with Gasteiger partial charge in [0.1, 0.15) is 5.69 Å². The van der Waals surface area contributed by atoms with Crippen LogP contribution < -0.4 is 21.5 Å². The highest BCUT2D eigenvalue weighted by molar-refractivity contribution is 5.92. The van der Waals surface area contributed by atoms with Gasteiger partial charge in [-0.2, -0.15) is 0 Å². The molecule has 0 bridgehead atoms. The molecule has 7 heteroatoms. The van der Waals surface area contributed by atoms with Crippen molar-refractivity contribution >= 4 is 17.3 Å². The van der Waals surface area contributed by atoms with E-state index in [0.29, 0.717) is 43.9 Å². The highest BCUT2D eigenvalue weighted by Gasteiger charge is 2.29. The third-order valence-electron chi connectivity index (χ3n) is 6.69. The van der Waals surface area contributed by atoms with Crippen molar-refractivity contribution in [3.05, 3.63) is 86.7 Å². The SMILES string of the molecule is CCc1ccc(NC(=O)C2CCN(c3c(C)n(-c4ccccc4)c(=O)n(CC)c3=O)CC2)cc1. The lowest BCUT2D eigenvalue weighted by Gasteiger charge is -2.34. The van der Waals surface area contributed by atoms with Crippen LogP contribution in [-0.4, -0.2) is 28.1 Å². The van der Waals surface area contributed by atoms with Gasteiger partial charge in [-0.05, 0) is 62.9 Å². The fourth-order valence-corrected chi connectivity index (χ4v) is 4.70. The van der Waals surface area contributed by atoms with E-state index < -0.39 is 0 Å². The lowest BCUT2D eigenvalue weighted by Crippen LogP contribution is -2.46. The van der Waals surface area contributed by atoms with E-state index in [1.807, 2.05) is 66.4 Å². The number of piperidine rings is 1. The molecule has 1 aliphatic rings. The summed E-state index contributed by atoms with van der Waals surface area (Å²) in [5, 5.41) is 3.03. The predicted molar refractivity (Wildman–Crippen MR) is 136 cm³/mol. The zero-order valence-corrected chi connectivity index (χ0v) is 20.1. The van der Waals surface area contributed by atoms with Crippen molar-refractivity contribution in [3.8, 4) is 5.69 Å². The molecule has 1 N–H and O–H groups in total. The Morgan fingerprint density at radius 2 is 1.62 bits per heavy atom. The Labute approximate surface area is 199 Å². The summed E-state index contributed by atoms with van der Waals surface area (Å²) in [5.74, 6) is -0.100. The number of anilines is 2. The van der Waals surface area contributed by atoms with Crippen LogP contribution in [0.25, 0.3) is 5.69 Å². The fourth-order valence-electron chi connectivity index (χ4n) is 4.70. The molecule has 1 saturated heterocycles. The number of carbonyl (C=O) groups is 1. The lowest BCUT2D eigenvalue weighted by atomic mass is 9.95. The largest absolute Gasteiger partial charge is 0.366 e. The molecule has 0 aliphatic carbocycles. The molecule has 0 unspecified atom stereocenters. The van der Waals surface area contributed by atoms with E-state index in [1.165, 1.54) is 10.1 Å². The molecule has 1 aromatic heterocycles. The number of aromatic nitrogens is 2. The van der Waals surface area contributed by atoms with E-state index in [9.17, 15) is 14.4 Å². The van der Waals surface area contributed by atoms with Crippen molar-refractivity contribution in [2.75, 3.05) is 23.3 Å². The molecule has 178 valence electrons. The summed E-state index contributed by atoms with van der Waals surface area (Å²) in [7, 11) is 0. The van der Waals surface area contributed by atoms with Gasteiger partial charge in [0, 0.05) is 31.2 Å². The second-order valence-corrected chi connectivity index (χ2v) is 8.74. The van der Waals surface area contributed by atoms with Gasteiger partial charge in [0.05, 0.1) is 11.4 Å². The Kier molecular flexibility index (Phi) is 7.01. The number of benzene rings is 2. The molecular formula is C27H32N4O3. The second kappa shape index (κ2) is 10.1. The van der Waals surface area contributed by atoms with E-state index in [2.05, 4.69) is 12.2 Å². The van der Waals surface area contributed by atoms with Crippen molar-refractivity contribution in [1.82, 2.24) is 9.13 Å². The third-order valence-corrected chi connectivity index (χ3v) is 6.69. The number of rotatable bonds is 6. The van der Waals surface area contributed by atoms with Crippen LogP contribution in [-0.2, 0) is 17.8 Å². The van der Waals surface area contributed by atoms with Crippen molar-refractivity contribution in [2.24, 2.45) is 5.92 Å². The van der Waals surface area contributed by atoms with Gasteiger partial charge in [0.15, 0.2) is 0 Å². The van der Waals surface area contributed by atoms with Crippen LogP contribution in [0.4, 0.5) is 11.4 Å². The minimum absolute atomic E-state index is 0.0147.